The second-order valence-corrected chi connectivity index (χ2v) is 8.21. The van der Waals surface area contributed by atoms with Gasteiger partial charge in [0, 0.05) is 18.4 Å². The minimum absolute atomic E-state index is 0.00940. The molecule has 0 spiro atoms. The predicted molar refractivity (Wildman–Crippen MR) is 125 cm³/mol. The quantitative estimate of drug-likeness (QED) is 0.401. The van der Waals surface area contributed by atoms with Crippen LogP contribution in [0.1, 0.15) is 43.2 Å². The molecule has 9 nitrogen and oxygen atoms in total. The van der Waals surface area contributed by atoms with E-state index in [-0.39, 0.29) is 37.4 Å². The Morgan fingerprint density at radius 3 is 2.12 bits per heavy atom. The van der Waals surface area contributed by atoms with Crippen molar-refractivity contribution >= 4 is 23.9 Å². The van der Waals surface area contributed by atoms with Gasteiger partial charge in [-0.25, -0.2) is 4.79 Å². The Morgan fingerprint density at radius 1 is 0.912 bits per heavy atom. The summed E-state index contributed by atoms with van der Waals surface area (Å²) in [6, 6.07) is 16.1. The van der Waals surface area contributed by atoms with Gasteiger partial charge in [0.2, 0.25) is 11.8 Å². The van der Waals surface area contributed by atoms with Crippen LogP contribution in [0, 0.1) is 0 Å². The van der Waals surface area contributed by atoms with Gasteiger partial charge < -0.3 is 25.8 Å². The third-order valence-corrected chi connectivity index (χ3v) is 5.63. The summed E-state index contributed by atoms with van der Waals surface area (Å²) < 4.78 is 5.53. The molecule has 1 unspecified atom stereocenters. The van der Waals surface area contributed by atoms with Crippen molar-refractivity contribution in [2.45, 2.75) is 38.1 Å². The molecule has 0 saturated carbocycles. The number of carbonyl (C=O) groups excluding carboxylic acids is 3. The molecule has 9 heteroatoms. The highest BCUT2D eigenvalue weighted by Gasteiger charge is 2.29. The van der Waals surface area contributed by atoms with Crippen LogP contribution in [0.15, 0.2) is 48.5 Å². The molecule has 0 aromatic heterocycles. The molecule has 1 aliphatic rings. The highest BCUT2D eigenvalue weighted by atomic mass is 16.5. The average molecular weight is 468 g/mol. The molecule has 2 aromatic carbocycles. The lowest BCUT2D eigenvalue weighted by Gasteiger charge is -2.17. The van der Waals surface area contributed by atoms with Crippen LogP contribution in [-0.4, -0.2) is 54.7 Å². The lowest BCUT2D eigenvalue weighted by atomic mass is 9.98. The number of nitrogens with one attached hydrogen (secondary N) is 3. The standard InChI is InChI=1S/C25H29N3O6/c1-16(7-6-12-22(29)26-13-23(30)27-14-24(31)32)28-25(33)34-15-21-19-10-4-2-8-17(19)18-9-3-5-11-20(18)21/h2-5,8-11,16,21H,6-7,12-15H2,1H3,(H,26,29)(H,27,30)(H,28,33)(H,31,32). The highest BCUT2D eigenvalue weighted by molar-refractivity contribution is 5.86. The van der Waals surface area contributed by atoms with Gasteiger partial charge in [-0.1, -0.05) is 48.5 Å². The summed E-state index contributed by atoms with van der Waals surface area (Å²) in [6.07, 6.45) is 0.744. The molecule has 0 radical (unpaired) electrons. The van der Waals surface area contributed by atoms with Gasteiger partial charge in [0.05, 0.1) is 6.54 Å². The highest BCUT2D eigenvalue weighted by Crippen LogP contribution is 2.44. The maximum atomic E-state index is 12.3. The fourth-order valence-electron chi connectivity index (χ4n) is 3.99. The number of aliphatic carboxylic acids is 1. The first-order valence-corrected chi connectivity index (χ1v) is 11.2. The Hall–Kier alpha value is -3.88. The lowest BCUT2D eigenvalue weighted by molar-refractivity contribution is -0.137. The Balaban J connectivity index is 1.36. The van der Waals surface area contributed by atoms with E-state index in [2.05, 4.69) is 40.2 Å². The molecule has 0 saturated heterocycles. The molecule has 0 heterocycles. The van der Waals surface area contributed by atoms with E-state index in [0.29, 0.717) is 12.8 Å². The van der Waals surface area contributed by atoms with E-state index in [9.17, 15) is 19.2 Å². The van der Waals surface area contributed by atoms with Crippen LogP contribution >= 0.6 is 0 Å². The predicted octanol–water partition coefficient (Wildman–Crippen LogP) is 2.40. The number of carboxylic acids is 1. The third kappa shape index (κ3) is 6.81. The molecule has 3 amide bonds. The molecule has 34 heavy (non-hydrogen) atoms. The normalized spacial score (nSPS) is 12.7. The van der Waals surface area contributed by atoms with Crippen LogP contribution in [0.4, 0.5) is 4.79 Å². The summed E-state index contributed by atoms with van der Waals surface area (Å²) in [6.45, 7) is 1.30. The van der Waals surface area contributed by atoms with E-state index in [4.69, 9.17) is 9.84 Å². The molecular weight excluding hydrogens is 438 g/mol. The van der Waals surface area contributed by atoms with Crippen LogP contribution < -0.4 is 16.0 Å². The summed E-state index contributed by atoms with van der Waals surface area (Å²) in [4.78, 5) is 45.9. The lowest BCUT2D eigenvalue weighted by Crippen LogP contribution is -2.39. The van der Waals surface area contributed by atoms with Crippen molar-refractivity contribution in [2.24, 2.45) is 0 Å². The number of fused-ring (bicyclic) bond motifs is 3. The van der Waals surface area contributed by atoms with Crippen LogP contribution in [0.2, 0.25) is 0 Å². The fourth-order valence-corrected chi connectivity index (χ4v) is 3.99. The SMILES string of the molecule is CC(CCCC(=O)NCC(=O)NCC(=O)O)NC(=O)OCC1c2ccccc2-c2ccccc21. The minimum atomic E-state index is -1.16. The van der Waals surface area contributed by atoms with Crippen LogP contribution in [0.5, 0.6) is 0 Å². The summed E-state index contributed by atoms with van der Waals surface area (Å²) in [7, 11) is 0. The Kier molecular flexibility index (Phi) is 8.61. The monoisotopic (exact) mass is 467 g/mol. The largest absolute Gasteiger partial charge is 0.480 e. The number of amides is 3. The summed E-state index contributed by atoms with van der Waals surface area (Å²) >= 11 is 0. The van der Waals surface area contributed by atoms with E-state index in [1.807, 2.05) is 31.2 Å². The van der Waals surface area contributed by atoms with E-state index in [1.165, 1.54) is 0 Å². The first-order chi connectivity index (χ1) is 16.3. The van der Waals surface area contributed by atoms with Gasteiger partial charge >= 0.3 is 12.1 Å². The van der Waals surface area contributed by atoms with Crippen LogP contribution in [0.3, 0.4) is 0 Å². The van der Waals surface area contributed by atoms with Gasteiger partial charge in [0.1, 0.15) is 13.2 Å². The Labute approximate surface area is 197 Å². The molecule has 0 fully saturated rings. The third-order valence-electron chi connectivity index (χ3n) is 5.63. The summed E-state index contributed by atoms with van der Waals surface area (Å²) in [5.74, 6) is -2.05. The molecule has 180 valence electrons. The number of benzene rings is 2. The van der Waals surface area contributed by atoms with Crippen LogP contribution in [0.25, 0.3) is 11.1 Å². The number of hydrogen-bond acceptors (Lipinski definition) is 5. The number of hydrogen-bond donors (Lipinski definition) is 4. The first-order valence-electron chi connectivity index (χ1n) is 11.2. The Bertz CT molecular complexity index is 1010. The molecule has 0 aliphatic heterocycles. The van der Waals surface area contributed by atoms with Crippen molar-refractivity contribution in [3.05, 3.63) is 59.7 Å². The molecule has 2 aromatic rings. The van der Waals surface area contributed by atoms with Crippen LogP contribution in [-0.2, 0) is 19.1 Å². The zero-order chi connectivity index (χ0) is 24.5. The molecule has 0 bridgehead atoms. The number of ether oxygens (including phenoxy) is 1. The van der Waals surface area contributed by atoms with Crippen molar-refractivity contribution in [1.29, 1.82) is 0 Å². The second-order valence-electron chi connectivity index (χ2n) is 8.21. The summed E-state index contributed by atoms with van der Waals surface area (Å²) in [5.41, 5.74) is 4.62. The summed E-state index contributed by atoms with van der Waals surface area (Å²) in [5, 5.41) is 15.9. The maximum absolute atomic E-state index is 12.3. The van der Waals surface area contributed by atoms with Crippen molar-refractivity contribution in [3.63, 3.8) is 0 Å². The smallest absolute Gasteiger partial charge is 0.407 e. The van der Waals surface area contributed by atoms with Gasteiger partial charge in [-0.05, 0) is 42.0 Å². The molecular formula is C25H29N3O6. The molecule has 1 atom stereocenters. The van der Waals surface area contributed by atoms with Gasteiger partial charge in [0.15, 0.2) is 0 Å². The Morgan fingerprint density at radius 2 is 1.50 bits per heavy atom. The average Bonchev–Trinajstić information content (AvgIpc) is 3.13. The molecule has 4 N–H and O–H groups in total. The van der Waals surface area contributed by atoms with E-state index >= 15 is 0 Å². The van der Waals surface area contributed by atoms with Crippen molar-refractivity contribution in [3.8, 4) is 11.1 Å². The number of alkyl carbamates (subject to hydrolysis) is 1. The van der Waals surface area contributed by atoms with Crippen molar-refractivity contribution < 1.29 is 29.0 Å². The van der Waals surface area contributed by atoms with E-state index in [1.54, 1.807) is 0 Å². The minimum Gasteiger partial charge on any atom is -0.480 e. The van der Waals surface area contributed by atoms with Crippen molar-refractivity contribution in [2.75, 3.05) is 19.7 Å². The van der Waals surface area contributed by atoms with Crippen molar-refractivity contribution in [1.82, 2.24) is 16.0 Å². The van der Waals surface area contributed by atoms with Gasteiger partial charge in [0.25, 0.3) is 0 Å². The second kappa shape index (κ2) is 11.8. The number of carbonyl (C=O) groups is 4. The topological polar surface area (TPSA) is 134 Å². The van der Waals surface area contributed by atoms with Gasteiger partial charge in [-0.3, -0.25) is 14.4 Å². The number of carboxylic acid groups (broad SMARTS) is 1. The van der Waals surface area contributed by atoms with E-state index < -0.39 is 24.5 Å². The molecule has 1 aliphatic carbocycles. The first kappa shape index (κ1) is 24.8. The maximum Gasteiger partial charge on any atom is 0.407 e. The fraction of sp³-hybridized carbons (Fsp3) is 0.360. The molecule has 3 rings (SSSR count). The zero-order valence-corrected chi connectivity index (χ0v) is 19.0. The zero-order valence-electron chi connectivity index (χ0n) is 19.0. The van der Waals surface area contributed by atoms with Gasteiger partial charge in [-0.2, -0.15) is 0 Å². The number of rotatable bonds is 11. The van der Waals surface area contributed by atoms with E-state index in [0.717, 1.165) is 22.3 Å². The van der Waals surface area contributed by atoms with Gasteiger partial charge in [-0.15, -0.1) is 0 Å².